The third-order valence-corrected chi connectivity index (χ3v) is 6.58. The van der Waals surface area contributed by atoms with Gasteiger partial charge < -0.3 is 15.0 Å². The summed E-state index contributed by atoms with van der Waals surface area (Å²) in [6, 6.07) is 16.3. The van der Waals surface area contributed by atoms with Gasteiger partial charge in [0.15, 0.2) is 0 Å². The zero-order valence-electron chi connectivity index (χ0n) is 17.8. The minimum Gasteiger partial charge on any atom is -0.489 e. The molecule has 1 saturated carbocycles. The van der Waals surface area contributed by atoms with Gasteiger partial charge in [0.2, 0.25) is 0 Å². The number of piperidine rings is 1. The van der Waals surface area contributed by atoms with Crippen LogP contribution in [0.1, 0.15) is 28.8 Å². The van der Waals surface area contributed by atoms with Gasteiger partial charge in [-0.3, -0.25) is 9.69 Å². The van der Waals surface area contributed by atoms with E-state index in [2.05, 4.69) is 40.2 Å². The van der Waals surface area contributed by atoms with E-state index in [-0.39, 0.29) is 6.10 Å². The Morgan fingerprint density at radius 1 is 1.13 bits per heavy atom. The van der Waals surface area contributed by atoms with Crippen LogP contribution >= 0.6 is 0 Å². The van der Waals surface area contributed by atoms with Gasteiger partial charge in [-0.25, -0.2) is 4.98 Å². The molecule has 5 rings (SSSR count). The number of fused-ring (bicyclic) bond motifs is 2. The first-order valence-corrected chi connectivity index (χ1v) is 10.9. The lowest BCUT2D eigenvalue weighted by Crippen LogP contribution is -2.46. The van der Waals surface area contributed by atoms with Crippen molar-refractivity contribution in [2.24, 2.45) is 24.6 Å². The summed E-state index contributed by atoms with van der Waals surface area (Å²) in [6.07, 6.45) is 6.12. The summed E-state index contributed by atoms with van der Waals surface area (Å²) in [4.78, 5) is 19.1. The van der Waals surface area contributed by atoms with Gasteiger partial charge in [0, 0.05) is 50.3 Å². The summed E-state index contributed by atoms with van der Waals surface area (Å²) in [6.45, 7) is 3.02. The number of imidazole rings is 1. The SMILES string of the molecule is Cn1cnc(-c2ccc(O[C@@H]3[C@@H]4CC[C@H]3CN(Cc3ccccc3)C4)c(C(N)=O)c2)c1. The summed E-state index contributed by atoms with van der Waals surface area (Å²) in [5.41, 5.74) is 9.16. The summed E-state index contributed by atoms with van der Waals surface area (Å²) in [5.74, 6) is 1.06. The number of rotatable bonds is 6. The monoisotopic (exact) mass is 416 g/mol. The van der Waals surface area contributed by atoms with E-state index in [1.54, 1.807) is 12.4 Å². The maximum Gasteiger partial charge on any atom is 0.252 e. The second-order valence-electron chi connectivity index (χ2n) is 8.86. The first-order valence-electron chi connectivity index (χ1n) is 10.9. The number of carbonyl (C=O) groups excluding carboxylic acids is 1. The van der Waals surface area contributed by atoms with Crippen LogP contribution in [0, 0.1) is 11.8 Å². The van der Waals surface area contributed by atoms with Crippen LogP contribution in [0.25, 0.3) is 11.3 Å². The molecule has 2 N–H and O–H groups in total. The zero-order chi connectivity index (χ0) is 21.4. The highest BCUT2D eigenvalue weighted by Gasteiger charge is 2.43. The van der Waals surface area contributed by atoms with Gasteiger partial charge in [-0.15, -0.1) is 0 Å². The normalized spacial score (nSPS) is 23.1. The van der Waals surface area contributed by atoms with Crippen molar-refractivity contribution in [2.45, 2.75) is 25.5 Å². The number of aryl methyl sites for hydroxylation is 1. The Morgan fingerprint density at radius 2 is 1.87 bits per heavy atom. The molecule has 1 amide bonds. The molecule has 6 nitrogen and oxygen atoms in total. The van der Waals surface area contributed by atoms with E-state index in [0.717, 1.165) is 30.9 Å². The number of amides is 1. The molecule has 2 aliphatic rings. The molecule has 2 heterocycles. The Balaban J connectivity index is 1.32. The van der Waals surface area contributed by atoms with Gasteiger partial charge in [0.1, 0.15) is 11.9 Å². The third-order valence-electron chi connectivity index (χ3n) is 6.58. The average Bonchev–Trinajstić information content (AvgIpc) is 3.29. The Kier molecular flexibility index (Phi) is 5.24. The van der Waals surface area contributed by atoms with Crippen LogP contribution in [-0.2, 0) is 13.6 Å². The van der Waals surface area contributed by atoms with Crippen LogP contribution in [0.5, 0.6) is 5.75 Å². The number of aromatic nitrogens is 2. The fourth-order valence-corrected chi connectivity index (χ4v) is 5.13. The highest BCUT2D eigenvalue weighted by Crippen LogP contribution is 2.40. The van der Waals surface area contributed by atoms with Gasteiger partial charge in [-0.05, 0) is 36.6 Å². The molecule has 6 heteroatoms. The number of benzene rings is 2. The molecule has 31 heavy (non-hydrogen) atoms. The van der Waals surface area contributed by atoms with Crippen molar-refractivity contribution < 1.29 is 9.53 Å². The number of ether oxygens (including phenoxy) is 1. The minimum absolute atomic E-state index is 0.130. The fourth-order valence-electron chi connectivity index (χ4n) is 5.13. The highest BCUT2D eigenvalue weighted by atomic mass is 16.5. The second kappa shape index (κ2) is 8.19. The fraction of sp³-hybridized carbons (Fsp3) is 0.360. The van der Waals surface area contributed by atoms with Gasteiger partial charge in [-0.2, -0.15) is 0 Å². The molecular weight excluding hydrogens is 388 g/mol. The molecular formula is C25H28N4O2. The Hall–Kier alpha value is -3.12. The lowest BCUT2D eigenvalue weighted by atomic mass is 9.94. The van der Waals surface area contributed by atoms with E-state index in [0.29, 0.717) is 23.1 Å². The predicted octanol–water partition coefficient (Wildman–Crippen LogP) is 3.48. The molecule has 160 valence electrons. The standard InChI is InChI=1S/C25H28N4O2/c1-28-15-22(27-16-28)18-9-10-23(21(11-18)25(26)30)31-24-19-7-8-20(24)14-29(13-19)12-17-5-3-2-4-6-17/h2-6,9-11,15-16,19-20,24H,7-8,12-14H2,1H3,(H2,26,30)/t19-,20+,24-. The van der Waals surface area contributed by atoms with Crippen LogP contribution in [0.4, 0.5) is 0 Å². The number of likely N-dealkylation sites (tertiary alicyclic amines) is 1. The second-order valence-corrected chi connectivity index (χ2v) is 8.86. The van der Waals surface area contributed by atoms with Crippen molar-refractivity contribution in [2.75, 3.05) is 13.1 Å². The summed E-state index contributed by atoms with van der Waals surface area (Å²) in [7, 11) is 1.92. The Labute approximate surface area is 182 Å². The lowest BCUT2D eigenvalue weighted by Gasteiger charge is -2.38. The largest absolute Gasteiger partial charge is 0.489 e. The first kappa shape index (κ1) is 19.8. The highest BCUT2D eigenvalue weighted by molar-refractivity contribution is 5.97. The molecule has 1 aliphatic carbocycles. The van der Waals surface area contributed by atoms with E-state index >= 15 is 0 Å². The summed E-state index contributed by atoms with van der Waals surface area (Å²) < 4.78 is 8.36. The molecule has 3 aromatic rings. The number of nitrogens with two attached hydrogens (primary N) is 1. The summed E-state index contributed by atoms with van der Waals surface area (Å²) in [5, 5.41) is 0. The van der Waals surface area contributed by atoms with Crippen LogP contribution in [0.2, 0.25) is 0 Å². The topological polar surface area (TPSA) is 73.4 Å². The van der Waals surface area contributed by atoms with Crippen molar-refractivity contribution in [1.29, 1.82) is 0 Å². The molecule has 1 aliphatic heterocycles. The number of hydrogen-bond acceptors (Lipinski definition) is 4. The number of primary amides is 1. The molecule has 2 aromatic carbocycles. The number of hydrogen-bond donors (Lipinski definition) is 1. The third kappa shape index (κ3) is 4.08. The Bertz CT molecular complexity index is 1060. The first-order chi connectivity index (χ1) is 15.1. The van der Waals surface area contributed by atoms with Crippen LogP contribution in [0.3, 0.4) is 0 Å². The minimum atomic E-state index is -0.471. The van der Waals surface area contributed by atoms with Gasteiger partial charge in [0.05, 0.1) is 17.6 Å². The predicted molar refractivity (Wildman–Crippen MR) is 120 cm³/mol. The molecule has 3 atom stereocenters. The smallest absolute Gasteiger partial charge is 0.252 e. The Morgan fingerprint density at radius 3 is 2.52 bits per heavy atom. The zero-order valence-corrected chi connectivity index (χ0v) is 17.8. The molecule has 2 bridgehead atoms. The van der Waals surface area contributed by atoms with Gasteiger partial charge in [0.25, 0.3) is 5.91 Å². The molecule has 2 fully saturated rings. The van der Waals surface area contributed by atoms with E-state index < -0.39 is 5.91 Å². The molecule has 1 aromatic heterocycles. The lowest BCUT2D eigenvalue weighted by molar-refractivity contribution is 0.0303. The van der Waals surface area contributed by atoms with Crippen molar-refractivity contribution in [1.82, 2.24) is 14.5 Å². The van der Waals surface area contributed by atoms with Crippen molar-refractivity contribution in [3.8, 4) is 17.0 Å². The quantitative estimate of drug-likeness (QED) is 0.668. The molecule has 0 spiro atoms. The van der Waals surface area contributed by atoms with E-state index in [4.69, 9.17) is 10.5 Å². The van der Waals surface area contributed by atoms with E-state index in [1.165, 1.54) is 18.4 Å². The van der Waals surface area contributed by atoms with E-state index in [1.807, 2.05) is 29.9 Å². The van der Waals surface area contributed by atoms with Crippen LogP contribution in [-0.4, -0.2) is 39.6 Å². The van der Waals surface area contributed by atoms with Crippen LogP contribution in [0.15, 0.2) is 61.1 Å². The maximum atomic E-state index is 12.2. The van der Waals surface area contributed by atoms with E-state index in [9.17, 15) is 4.79 Å². The maximum absolute atomic E-state index is 12.2. The van der Waals surface area contributed by atoms with Gasteiger partial charge >= 0.3 is 0 Å². The number of nitrogens with zero attached hydrogens (tertiary/aromatic N) is 3. The van der Waals surface area contributed by atoms with Crippen LogP contribution < -0.4 is 10.5 Å². The van der Waals surface area contributed by atoms with Crippen molar-refractivity contribution in [3.63, 3.8) is 0 Å². The van der Waals surface area contributed by atoms with Gasteiger partial charge in [-0.1, -0.05) is 30.3 Å². The average molecular weight is 417 g/mol. The summed E-state index contributed by atoms with van der Waals surface area (Å²) >= 11 is 0. The molecule has 1 saturated heterocycles. The number of carbonyl (C=O) groups is 1. The molecule has 0 radical (unpaired) electrons. The van der Waals surface area contributed by atoms with Crippen molar-refractivity contribution in [3.05, 3.63) is 72.2 Å². The molecule has 0 unspecified atom stereocenters. The van der Waals surface area contributed by atoms with Crippen molar-refractivity contribution >= 4 is 5.91 Å².